The van der Waals surface area contributed by atoms with Gasteiger partial charge in [0.15, 0.2) is 0 Å². The summed E-state index contributed by atoms with van der Waals surface area (Å²) in [7, 11) is 1.79. The van der Waals surface area contributed by atoms with Gasteiger partial charge in [-0.25, -0.2) is 0 Å². The van der Waals surface area contributed by atoms with E-state index < -0.39 is 0 Å². The summed E-state index contributed by atoms with van der Waals surface area (Å²) in [4.78, 5) is 11.7. The number of carbonyl (C=O) groups is 1. The number of hydrogen-bond acceptors (Lipinski definition) is 2. The molecule has 1 atom stereocenters. The molecule has 0 fully saturated rings. The van der Waals surface area contributed by atoms with Gasteiger partial charge in [0.05, 0.1) is 11.8 Å². The average Bonchev–Trinajstić information content (AvgIpc) is 2.70. The largest absolute Gasteiger partial charge is 0.352 e. The van der Waals surface area contributed by atoms with Gasteiger partial charge in [-0.05, 0) is 12.3 Å². The zero-order chi connectivity index (χ0) is 12.0. The summed E-state index contributed by atoms with van der Waals surface area (Å²) in [6.07, 6.45) is 5.24. The molecule has 0 spiro atoms. The van der Waals surface area contributed by atoms with Crippen molar-refractivity contribution in [2.24, 2.45) is 13.0 Å². The number of aryl methyl sites for hydroxylation is 1. The minimum absolute atomic E-state index is 0.0684. The normalized spacial score (nSPS) is 12.4. The first kappa shape index (κ1) is 13.0. The molecule has 0 saturated carbocycles. The Labute approximate surface area is 101 Å². The molecule has 0 aliphatic rings. The summed E-state index contributed by atoms with van der Waals surface area (Å²) in [5, 5.41) is 6.85. The van der Waals surface area contributed by atoms with Crippen LogP contribution in [0.3, 0.4) is 0 Å². The summed E-state index contributed by atoms with van der Waals surface area (Å²) in [6.45, 7) is 2.78. The molecule has 0 aromatic carbocycles. The van der Waals surface area contributed by atoms with Crippen molar-refractivity contribution in [1.29, 1.82) is 0 Å². The summed E-state index contributed by atoms with van der Waals surface area (Å²) in [6, 6.07) is 0. The Bertz CT molecular complexity index is 338. The van der Waals surface area contributed by atoms with E-state index in [0.717, 1.165) is 12.8 Å². The van der Waals surface area contributed by atoms with Crippen LogP contribution in [-0.2, 0) is 7.05 Å². The number of halogens is 1. The van der Waals surface area contributed by atoms with Crippen molar-refractivity contribution >= 4 is 17.5 Å². The summed E-state index contributed by atoms with van der Waals surface area (Å²) < 4.78 is 1.62. The highest BCUT2D eigenvalue weighted by Crippen LogP contribution is 2.08. The van der Waals surface area contributed by atoms with Crippen molar-refractivity contribution in [2.45, 2.75) is 19.8 Å². The highest BCUT2D eigenvalue weighted by molar-refractivity contribution is 6.17. The highest BCUT2D eigenvalue weighted by atomic mass is 35.5. The van der Waals surface area contributed by atoms with Gasteiger partial charge in [-0.15, -0.1) is 11.6 Å². The van der Waals surface area contributed by atoms with E-state index in [2.05, 4.69) is 17.3 Å². The fourth-order valence-corrected chi connectivity index (χ4v) is 1.79. The lowest BCUT2D eigenvalue weighted by molar-refractivity contribution is 0.0946. The fourth-order valence-electron chi connectivity index (χ4n) is 1.48. The number of carbonyl (C=O) groups excluding carboxylic acids is 1. The number of amides is 1. The lowest BCUT2D eigenvalue weighted by Gasteiger charge is -2.13. The van der Waals surface area contributed by atoms with Crippen molar-refractivity contribution in [3.8, 4) is 0 Å². The smallest absolute Gasteiger partial charge is 0.254 e. The SMILES string of the molecule is CCC(CCCl)CNC(=O)c1cnn(C)c1. The maximum absolute atomic E-state index is 11.7. The molecule has 5 heteroatoms. The van der Waals surface area contributed by atoms with Crippen LogP contribution in [0.2, 0.25) is 0 Å². The van der Waals surface area contributed by atoms with Gasteiger partial charge in [0.25, 0.3) is 5.91 Å². The van der Waals surface area contributed by atoms with Crippen LogP contribution >= 0.6 is 11.6 Å². The molecule has 1 unspecified atom stereocenters. The maximum Gasteiger partial charge on any atom is 0.254 e. The zero-order valence-corrected chi connectivity index (χ0v) is 10.5. The van der Waals surface area contributed by atoms with E-state index in [1.165, 1.54) is 0 Å². The molecule has 0 radical (unpaired) electrons. The topological polar surface area (TPSA) is 46.9 Å². The van der Waals surface area contributed by atoms with E-state index in [4.69, 9.17) is 11.6 Å². The second-order valence-corrected chi connectivity index (χ2v) is 4.24. The third-order valence-corrected chi connectivity index (χ3v) is 2.83. The average molecular weight is 244 g/mol. The molecule has 1 amide bonds. The molecular weight excluding hydrogens is 226 g/mol. The first-order valence-corrected chi connectivity index (χ1v) is 6.03. The van der Waals surface area contributed by atoms with Gasteiger partial charge in [-0.1, -0.05) is 13.3 Å². The number of nitrogens with one attached hydrogen (secondary N) is 1. The van der Waals surface area contributed by atoms with Gasteiger partial charge in [0, 0.05) is 25.7 Å². The van der Waals surface area contributed by atoms with E-state index in [9.17, 15) is 4.79 Å². The molecule has 4 nitrogen and oxygen atoms in total. The summed E-state index contributed by atoms with van der Waals surface area (Å²) in [5.74, 6) is 1.03. The van der Waals surface area contributed by atoms with E-state index in [1.807, 2.05) is 0 Å². The van der Waals surface area contributed by atoms with Crippen molar-refractivity contribution in [2.75, 3.05) is 12.4 Å². The molecule has 0 bridgehead atoms. The van der Waals surface area contributed by atoms with E-state index in [0.29, 0.717) is 23.9 Å². The van der Waals surface area contributed by atoms with Gasteiger partial charge >= 0.3 is 0 Å². The van der Waals surface area contributed by atoms with Gasteiger partial charge in [-0.2, -0.15) is 5.10 Å². The van der Waals surface area contributed by atoms with Crippen LogP contribution < -0.4 is 5.32 Å². The predicted molar refractivity (Wildman–Crippen MR) is 64.7 cm³/mol. The lowest BCUT2D eigenvalue weighted by atomic mass is 10.0. The maximum atomic E-state index is 11.7. The van der Waals surface area contributed by atoms with Crippen molar-refractivity contribution < 1.29 is 4.79 Å². The third kappa shape index (κ3) is 3.85. The molecule has 1 aromatic heterocycles. The van der Waals surface area contributed by atoms with Crippen molar-refractivity contribution in [1.82, 2.24) is 15.1 Å². The number of alkyl halides is 1. The second-order valence-electron chi connectivity index (χ2n) is 3.86. The molecule has 90 valence electrons. The minimum atomic E-state index is -0.0684. The van der Waals surface area contributed by atoms with Crippen LogP contribution in [-0.4, -0.2) is 28.1 Å². The number of hydrogen-bond donors (Lipinski definition) is 1. The Hall–Kier alpha value is -1.03. The molecule has 1 N–H and O–H groups in total. The van der Waals surface area contributed by atoms with Crippen molar-refractivity contribution in [3.05, 3.63) is 18.0 Å². The van der Waals surface area contributed by atoms with Crippen molar-refractivity contribution in [3.63, 3.8) is 0 Å². The Kier molecular flexibility index (Phi) is 5.32. The van der Waals surface area contributed by atoms with Gasteiger partial charge in [0.2, 0.25) is 0 Å². The minimum Gasteiger partial charge on any atom is -0.352 e. The van der Waals surface area contributed by atoms with E-state index >= 15 is 0 Å². The molecule has 1 rings (SSSR count). The first-order valence-electron chi connectivity index (χ1n) is 5.50. The third-order valence-electron chi connectivity index (χ3n) is 2.61. The molecule has 0 saturated heterocycles. The Morgan fingerprint density at radius 2 is 2.44 bits per heavy atom. The Morgan fingerprint density at radius 3 is 2.94 bits per heavy atom. The number of nitrogens with zero attached hydrogens (tertiary/aromatic N) is 2. The highest BCUT2D eigenvalue weighted by Gasteiger charge is 2.10. The van der Waals surface area contributed by atoms with Crippen LogP contribution in [0.4, 0.5) is 0 Å². The van der Waals surface area contributed by atoms with Crippen LogP contribution in [0.1, 0.15) is 30.1 Å². The molecule has 1 aromatic rings. The molecule has 16 heavy (non-hydrogen) atoms. The number of rotatable bonds is 6. The van der Waals surface area contributed by atoms with Crippen LogP contribution in [0.5, 0.6) is 0 Å². The second kappa shape index (κ2) is 6.53. The lowest BCUT2D eigenvalue weighted by Crippen LogP contribution is -2.29. The number of aromatic nitrogens is 2. The molecule has 1 heterocycles. The van der Waals surface area contributed by atoms with Gasteiger partial charge in [0.1, 0.15) is 0 Å². The Morgan fingerprint density at radius 1 is 1.69 bits per heavy atom. The van der Waals surface area contributed by atoms with Crippen LogP contribution in [0.15, 0.2) is 12.4 Å². The van der Waals surface area contributed by atoms with Crippen LogP contribution in [0.25, 0.3) is 0 Å². The molecule has 0 aliphatic carbocycles. The molecule has 0 aliphatic heterocycles. The Balaban J connectivity index is 2.40. The van der Waals surface area contributed by atoms with Gasteiger partial charge in [-0.3, -0.25) is 9.48 Å². The quantitative estimate of drug-likeness (QED) is 0.775. The van der Waals surface area contributed by atoms with E-state index in [1.54, 1.807) is 24.1 Å². The van der Waals surface area contributed by atoms with Crippen LogP contribution in [0, 0.1) is 5.92 Å². The standard InChI is InChI=1S/C11H18ClN3O/c1-3-9(4-5-12)6-13-11(16)10-7-14-15(2)8-10/h7-9H,3-6H2,1-2H3,(H,13,16). The van der Waals surface area contributed by atoms with E-state index in [-0.39, 0.29) is 5.91 Å². The van der Waals surface area contributed by atoms with Gasteiger partial charge < -0.3 is 5.32 Å². The summed E-state index contributed by atoms with van der Waals surface area (Å²) >= 11 is 5.68. The predicted octanol–water partition coefficient (Wildman–Crippen LogP) is 1.80. The first-order chi connectivity index (χ1) is 7.67. The monoisotopic (exact) mass is 243 g/mol. The summed E-state index contributed by atoms with van der Waals surface area (Å²) in [5.41, 5.74) is 0.600. The fraction of sp³-hybridized carbons (Fsp3) is 0.636. The molecular formula is C11H18ClN3O. The zero-order valence-electron chi connectivity index (χ0n) is 9.74.